The van der Waals surface area contributed by atoms with Gasteiger partial charge in [-0.3, -0.25) is 0 Å². The summed E-state index contributed by atoms with van der Waals surface area (Å²) in [5.74, 6) is 0.584. The maximum absolute atomic E-state index is 5.93. The standard InChI is InChI=1S/C17H11BrN2O/c18-13-7-5-11(9-14(13)19)17-20-16-12-4-2-1-3-10(12)6-8-15(16)21-17/h1-9H,19H2. The SMILES string of the molecule is Nc1cc(-c2nc3c(ccc4ccccc43)o2)ccc1Br. The minimum Gasteiger partial charge on any atom is -0.436 e. The molecule has 0 spiro atoms. The number of aromatic nitrogens is 1. The lowest BCUT2D eigenvalue weighted by atomic mass is 10.1. The lowest BCUT2D eigenvalue weighted by Gasteiger charge is -1.99. The van der Waals surface area contributed by atoms with E-state index in [2.05, 4.69) is 33.0 Å². The summed E-state index contributed by atoms with van der Waals surface area (Å²) in [6, 6.07) is 17.8. The van der Waals surface area contributed by atoms with Crippen molar-refractivity contribution >= 4 is 43.5 Å². The highest BCUT2D eigenvalue weighted by Crippen LogP contribution is 2.31. The molecule has 0 atom stereocenters. The number of nitrogen functional groups attached to an aromatic ring is 1. The monoisotopic (exact) mass is 338 g/mol. The van der Waals surface area contributed by atoms with Crippen molar-refractivity contribution in [3.8, 4) is 11.5 Å². The summed E-state index contributed by atoms with van der Waals surface area (Å²) in [5.41, 5.74) is 9.13. The number of oxazole rings is 1. The van der Waals surface area contributed by atoms with Gasteiger partial charge in [-0.2, -0.15) is 0 Å². The van der Waals surface area contributed by atoms with Crippen molar-refractivity contribution in [2.75, 3.05) is 5.73 Å². The molecule has 0 bridgehead atoms. The molecule has 1 aromatic heterocycles. The number of rotatable bonds is 1. The first kappa shape index (κ1) is 12.4. The molecule has 0 aliphatic carbocycles. The van der Waals surface area contributed by atoms with E-state index in [1.807, 2.05) is 42.5 Å². The Morgan fingerprint density at radius 1 is 1.00 bits per heavy atom. The molecule has 0 aliphatic rings. The van der Waals surface area contributed by atoms with Crippen LogP contribution in [-0.4, -0.2) is 4.98 Å². The molecule has 2 N–H and O–H groups in total. The van der Waals surface area contributed by atoms with Gasteiger partial charge in [0.25, 0.3) is 0 Å². The Labute approximate surface area is 129 Å². The number of benzene rings is 3. The third-order valence-electron chi connectivity index (χ3n) is 3.53. The Bertz CT molecular complexity index is 975. The summed E-state index contributed by atoms with van der Waals surface area (Å²) in [4.78, 5) is 4.64. The maximum Gasteiger partial charge on any atom is 0.227 e. The van der Waals surface area contributed by atoms with E-state index in [0.717, 1.165) is 31.9 Å². The van der Waals surface area contributed by atoms with Crippen molar-refractivity contribution in [1.82, 2.24) is 4.98 Å². The second-order valence-corrected chi connectivity index (χ2v) is 5.74. The van der Waals surface area contributed by atoms with E-state index in [0.29, 0.717) is 11.6 Å². The molecule has 1 heterocycles. The molecule has 3 aromatic carbocycles. The summed E-state index contributed by atoms with van der Waals surface area (Å²) in [6.07, 6.45) is 0. The van der Waals surface area contributed by atoms with Gasteiger partial charge >= 0.3 is 0 Å². The van der Waals surface area contributed by atoms with Crippen LogP contribution in [0.1, 0.15) is 0 Å². The Kier molecular flexibility index (Phi) is 2.72. The van der Waals surface area contributed by atoms with E-state index in [1.54, 1.807) is 0 Å². The second kappa shape index (κ2) is 4.60. The van der Waals surface area contributed by atoms with Crippen molar-refractivity contribution < 1.29 is 4.42 Å². The third kappa shape index (κ3) is 1.99. The molecule has 0 saturated carbocycles. The highest BCUT2D eigenvalue weighted by Gasteiger charge is 2.11. The zero-order valence-electron chi connectivity index (χ0n) is 11.0. The molecule has 3 nitrogen and oxygen atoms in total. The van der Waals surface area contributed by atoms with Gasteiger partial charge < -0.3 is 10.2 Å². The van der Waals surface area contributed by atoms with Gasteiger partial charge in [0.05, 0.1) is 0 Å². The number of hydrogen-bond donors (Lipinski definition) is 1. The van der Waals surface area contributed by atoms with Crippen molar-refractivity contribution in [2.45, 2.75) is 0 Å². The van der Waals surface area contributed by atoms with Crippen LogP contribution in [0.4, 0.5) is 5.69 Å². The van der Waals surface area contributed by atoms with Gasteiger partial charge in [0.2, 0.25) is 5.89 Å². The minimum atomic E-state index is 0.584. The van der Waals surface area contributed by atoms with Crippen LogP contribution in [0.25, 0.3) is 33.3 Å². The average molecular weight is 339 g/mol. The smallest absolute Gasteiger partial charge is 0.227 e. The highest BCUT2D eigenvalue weighted by molar-refractivity contribution is 9.10. The predicted molar refractivity (Wildman–Crippen MR) is 89.1 cm³/mol. The molecular formula is C17H11BrN2O. The molecule has 0 unspecified atom stereocenters. The molecule has 21 heavy (non-hydrogen) atoms. The summed E-state index contributed by atoms with van der Waals surface area (Å²) < 4.78 is 6.74. The maximum atomic E-state index is 5.93. The van der Waals surface area contributed by atoms with E-state index in [9.17, 15) is 0 Å². The largest absolute Gasteiger partial charge is 0.436 e. The van der Waals surface area contributed by atoms with Crippen LogP contribution >= 0.6 is 15.9 Å². The fraction of sp³-hybridized carbons (Fsp3) is 0. The topological polar surface area (TPSA) is 52.0 Å². The van der Waals surface area contributed by atoms with Gasteiger partial charge in [-0.25, -0.2) is 4.98 Å². The molecule has 0 amide bonds. The molecule has 0 fully saturated rings. The van der Waals surface area contributed by atoms with Crippen LogP contribution in [0, 0.1) is 0 Å². The number of halogens is 1. The summed E-state index contributed by atoms with van der Waals surface area (Å²) in [6.45, 7) is 0. The first-order valence-corrected chi connectivity index (χ1v) is 7.35. The third-order valence-corrected chi connectivity index (χ3v) is 4.25. The van der Waals surface area contributed by atoms with Gasteiger partial charge in [-0.1, -0.05) is 30.3 Å². The van der Waals surface area contributed by atoms with Crippen LogP contribution in [-0.2, 0) is 0 Å². The van der Waals surface area contributed by atoms with Crippen LogP contribution in [0.3, 0.4) is 0 Å². The van der Waals surface area contributed by atoms with Gasteiger partial charge in [-0.05, 0) is 45.6 Å². The summed E-state index contributed by atoms with van der Waals surface area (Å²) >= 11 is 3.39. The Balaban J connectivity index is 1.98. The van der Waals surface area contributed by atoms with Crippen molar-refractivity contribution in [3.63, 3.8) is 0 Å². The quantitative estimate of drug-likeness (QED) is 0.497. The first-order chi connectivity index (χ1) is 10.2. The van der Waals surface area contributed by atoms with Gasteiger partial charge in [0.1, 0.15) is 5.52 Å². The van der Waals surface area contributed by atoms with E-state index >= 15 is 0 Å². The second-order valence-electron chi connectivity index (χ2n) is 4.89. The fourth-order valence-electron chi connectivity index (χ4n) is 2.46. The van der Waals surface area contributed by atoms with Crippen molar-refractivity contribution in [3.05, 3.63) is 59.1 Å². The van der Waals surface area contributed by atoms with E-state index in [4.69, 9.17) is 10.2 Å². The Hall–Kier alpha value is -2.33. The Morgan fingerprint density at radius 2 is 1.86 bits per heavy atom. The fourth-order valence-corrected chi connectivity index (χ4v) is 2.71. The highest BCUT2D eigenvalue weighted by atomic mass is 79.9. The normalized spacial score (nSPS) is 11.3. The molecule has 0 saturated heterocycles. The molecule has 0 aliphatic heterocycles. The van der Waals surface area contributed by atoms with Crippen molar-refractivity contribution in [1.29, 1.82) is 0 Å². The molecule has 102 valence electrons. The average Bonchev–Trinajstić information content (AvgIpc) is 2.94. The molecular weight excluding hydrogens is 328 g/mol. The number of nitrogens with two attached hydrogens (primary N) is 1. The van der Waals surface area contributed by atoms with Gasteiger partial charge in [0, 0.05) is 21.1 Å². The number of fused-ring (bicyclic) bond motifs is 3. The first-order valence-electron chi connectivity index (χ1n) is 6.56. The van der Waals surface area contributed by atoms with Crippen LogP contribution < -0.4 is 5.73 Å². The Morgan fingerprint density at radius 3 is 2.71 bits per heavy atom. The predicted octanol–water partition coefficient (Wildman–Crippen LogP) is 4.99. The molecule has 4 heteroatoms. The van der Waals surface area contributed by atoms with Crippen LogP contribution in [0.2, 0.25) is 0 Å². The number of anilines is 1. The van der Waals surface area contributed by atoms with Gasteiger partial charge in [-0.15, -0.1) is 0 Å². The zero-order valence-corrected chi connectivity index (χ0v) is 12.6. The van der Waals surface area contributed by atoms with Crippen LogP contribution in [0.15, 0.2) is 63.5 Å². The molecule has 0 radical (unpaired) electrons. The lowest BCUT2D eigenvalue weighted by Crippen LogP contribution is -1.87. The summed E-state index contributed by atoms with van der Waals surface area (Å²) in [5, 5.41) is 2.25. The summed E-state index contributed by atoms with van der Waals surface area (Å²) in [7, 11) is 0. The van der Waals surface area contributed by atoms with E-state index in [1.165, 1.54) is 0 Å². The van der Waals surface area contributed by atoms with Crippen LogP contribution in [0.5, 0.6) is 0 Å². The molecule has 4 rings (SSSR count). The number of nitrogens with zero attached hydrogens (tertiary/aromatic N) is 1. The molecule has 4 aromatic rings. The zero-order chi connectivity index (χ0) is 14.4. The lowest BCUT2D eigenvalue weighted by molar-refractivity contribution is 0.620. The van der Waals surface area contributed by atoms with E-state index < -0.39 is 0 Å². The van der Waals surface area contributed by atoms with Crippen molar-refractivity contribution in [2.24, 2.45) is 0 Å². The van der Waals surface area contributed by atoms with E-state index in [-0.39, 0.29) is 0 Å². The number of hydrogen-bond acceptors (Lipinski definition) is 3. The minimum absolute atomic E-state index is 0.584. The van der Waals surface area contributed by atoms with Gasteiger partial charge in [0.15, 0.2) is 5.58 Å².